The first kappa shape index (κ1) is 11.5. The van der Waals surface area contributed by atoms with Crippen molar-refractivity contribution in [3.8, 4) is 0 Å². The lowest BCUT2D eigenvalue weighted by Crippen LogP contribution is -2.45. The Kier molecular flexibility index (Phi) is 3.93. The molecule has 14 heavy (non-hydrogen) atoms. The Morgan fingerprint density at radius 1 is 1.29 bits per heavy atom. The molecule has 1 amide bonds. The lowest BCUT2D eigenvalue weighted by Gasteiger charge is -2.34. The predicted molar refractivity (Wildman–Crippen MR) is 57.9 cm³/mol. The van der Waals surface area contributed by atoms with Gasteiger partial charge in [0.15, 0.2) is 0 Å². The highest BCUT2D eigenvalue weighted by Crippen LogP contribution is 2.13. The summed E-state index contributed by atoms with van der Waals surface area (Å²) in [5.41, 5.74) is 0. The smallest absolute Gasteiger partial charge is 0.223 e. The minimum absolute atomic E-state index is 0.316. The number of rotatable bonds is 4. The van der Waals surface area contributed by atoms with Gasteiger partial charge in [-0.25, -0.2) is 0 Å². The third-order valence-corrected chi connectivity index (χ3v) is 2.83. The molecule has 82 valence electrons. The molecule has 3 heteroatoms. The molecule has 1 rings (SSSR count). The predicted octanol–water partition coefficient (Wildman–Crippen LogP) is 1.69. The van der Waals surface area contributed by atoms with E-state index in [0.29, 0.717) is 18.0 Å². The Balaban J connectivity index is 2.50. The van der Waals surface area contributed by atoms with Crippen molar-refractivity contribution in [1.29, 1.82) is 0 Å². The summed E-state index contributed by atoms with van der Waals surface area (Å²) >= 11 is 0. The van der Waals surface area contributed by atoms with E-state index < -0.39 is 0 Å². The molecule has 0 N–H and O–H groups in total. The van der Waals surface area contributed by atoms with Crippen molar-refractivity contribution in [3.05, 3.63) is 0 Å². The highest BCUT2D eigenvalue weighted by atomic mass is 16.2. The van der Waals surface area contributed by atoms with Gasteiger partial charge in [0.1, 0.15) is 0 Å². The summed E-state index contributed by atoms with van der Waals surface area (Å²) in [5, 5.41) is 0. The van der Waals surface area contributed by atoms with Crippen molar-refractivity contribution in [1.82, 2.24) is 9.80 Å². The molecule has 0 aliphatic carbocycles. The standard InChI is InChI=1S/C11H22N2O/c1-9(2)13(10(3)4)8-12-7-5-6-11(12)14/h9-10H,5-8H2,1-4H3. The lowest BCUT2D eigenvalue weighted by atomic mass is 10.2. The van der Waals surface area contributed by atoms with E-state index in [4.69, 9.17) is 0 Å². The molecule has 0 aromatic heterocycles. The third-order valence-electron chi connectivity index (χ3n) is 2.83. The van der Waals surface area contributed by atoms with Gasteiger partial charge in [-0.3, -0.25) is 9.69 Å². The van der Waals surface area contributed by atoms with E-state index in [9.17, 15) is 4.79 Å². The summed E-state index contributed by atoms with van der Waals surface area (Å²) in [6.07, 6.45) is 1.77. The van der Waals surface area contributed by atoms with Gasteiger partial charge < -0.3 is 4.90 Å². The van der Waals surface area contributed by atoms with Crippen LogP contribution >= 0.6 is 0 Å². The van der Waals surface area contributed by atoms with E-state index in [1.807, 2.05) is 4.90 Å². The Morgan fingerprint density at radius 3 is 2.21 bits per heavy atom. The molecule has 0 bridgehead atoms. The maximum absolute atomic E-state index is 11.5. The molecule has 1 heterocycles. The largest absolute Gasteiger partial charge is 0.330 e. The first-order valence-electron chi connectivity index (χ1n) is 5.56. The number of carbonyl (C=O) groups excluding carboxylic acids is 1. The van der Waals surface area contributed by atoms with E-state index >= 15 is 0 Å². The van der Waals surface area contributed by atoms with E-state index in [-0.39, 0.29) is 0 Å². The zero-order valence-corrected chi connectivity index (χ0v) is 9.79. The second-order valence-electron chi connectivity index (χ2n) is 4.60. The molecule has 0 unspecified atom stereocenters. The van der Waals surface area contributed by atoms with Gasteiger partial charge in [0.05, 0.1) is 6.67 Å². The first-order valence-corrected chi connectivity index (χ1v) is 5.56. The summed E-state index contributed by atoms with van der Waals surface area (Å²) in [7, 11) is 0. The van der Waals surface area contributed by atoms with Crippen molar-refractivity contribution in [3.63, 3.8) is 0 Å². The van der Waals surface area contributed by atoms with Crippen LogP contribution in [0.4, 0.5) is 0 Å². The molecule has 1 aliphatic rings. The molecule has 1 fully saturated rings. The van der Waals surface area contributed by atoms with Crippen LogP contribution in [0, 0.1) is 0 Å². The van der Waals surface area contributed by atoms with E-state index in [2.05, 4.69) is 32.6 Å². The van der Waals surface area contributed by atoms with Gasteiger partial charge in [0.25, 0.3) is 0 Å². The number of hydrogen-bond acceptors (Lipinski definition) is 2. The molecule has 0 aromatic rings. The van der Waals surface area contributed by atoms with Gasteiger partial charge in [0, 0.05) is 25.0 Å². The fraction of sp³-hybridized carbons (Fsp3) is 0.909. The van der Waals surface area contributed by atoms with Crippen LogP contribution in [0.2, 0.25) is 0 Å². The molecule has 0 spiro atoms. The Labute approximate surface area is 87.1 Å². The van der Waals surface area contributed by atoms with Gasteiger partial charge in [-0.1, -0.05) is 0 Å². The maximum Gasteiger partial charge on any atom is 0.223 e. The molecule has 0 saturated carbocycles. The summed E-state index contributed by atoms with van der Waals surface area (Å²) in [6, 6.07) is 1.01. The number of nitrogens with zero attached hydrogens (tertiary/aromatic N) is 2. The van der Waals surface area contributed by atoms with Gasteiger partial charge in [-0.05, 0) is 34.1 Å². The van der Waals surface area contributed by atoms with Crippen LogP contribution < -0.4 is 0 Å². The van der Waals surface area contributed by atoms with E-state index in [1.165, 1.54) is 0 Å². The van der Waals surface area contributed by atoms with Crippen molar-refractivity contribution >= 4 is 5.91 Å². The Bertz CT molecular complexity index is 193. The van der Waals surface area contributed by atoms with Gasteiger partial charge in [-0.15, -0.1) is 0 Å². The molecule has 0 aromatic carbocycles. The minimum atomic E-state index is 0.316. The van der Waals surface area contributed by atoms with Crippen LogP contribution in [-0.4, -0.2) is 41.0 Å². The van der Waals surface area contributed by atoms with E-state index in [0.717, 1.165) is 26.1 Å². The van der Waals surface area contributed by atoms with Crippen LogP contribution in [0.15, 0.2) is 0 Å². The van der Waals surface area contributed by atoms with Crippen LogP contribution in [0.25, 0.3) is 0 Å². The van der Waals surface area contributed by atoms with Crippen molar-refractivity contribution in [2.24, 2.45) is 0 Å². The lowest BCUT2D eigenvalue weighted by molar-refractivity contribution is -0.130. The van der Waals surface area contributed by atoms with Crippen LogP contribution in [0.1, 0.15) is 40.5 Å². The summed E-state index contributed by atoms with van der Waals surface area (Å²) in [4.78, 5) is 15.8. The van der Waals surface area contributed by atoms with Crippen molar-refractivity contribution in [2.75, 3.05) is 13.2 Å². The summed E-state index contributed by atoms with van der Waals surface area (Å²) < 4.78 is 0. The van der Waals surface area contributed by atoms with Crippen LogP contribution in [0.3, 0.4) is 0 Å². The van der Waals surface area contributed by atoms with Crippen molar-refractivity contribution in [2.45, 2.75) is 52.6 Å². The first-order chi connectivity index (χ1) is 6.52. The molecule has 1 saturated heterocycles. The van der Waals surface area contributed by atoms with Crippen molar-refractivity contribution < 1.29 is 4.79 Å². The maximum atomic E-state index is 11.5. The van der Waals surface area contributed by atoms with Crippen LogP contribution in [-0.2, 0) is 4.79 Å². The average Bonchev–Trinajstić information content (AvgIpc) is 2.46. The fourth-order valence-corrected chi connectivity index (χ4v) is 1.97. The monoisotopic (exact) mass is 198 g/mol. The normalized spacial score (nSPS) is 17.9. The topological polar surface area (TPSA) is 23.6 Å². The minimum Gasteiger partial charge on any atom is -0.330 e. The highest BCUT2D eigenvalue weighted by Gasteiger charge is 2.24. The molecular formula is C11H22N2O. The average molecular weight is 198 g/mol. The quantitative estimate of drug-likeness (QED) is 0.686. The zero-order valence-electron chi connectivity index (χ0n) is 9.79. The number of amides is 1. The second kappa shape index (κ2) is 4.78. The number of carbonyl (C=O) groups is 1. The third kappa shape index (κ3) is 2.71. The number of likely N-dealkylation sites (tertiary alicyclic amines) is 1. The highest BCUT2D eigenvalue weighted by molar-refractivity contribution is 5.77. The molecule has 0 atom stereocenters. The fourth-order valence-electron chi connectivity index (χ4n) is 1.97. The van der Waals surface area contributed by atoms with Gasteiger partial charge in [0.2, 0.25) is 5.91 Å². The second-order valence-corrected chi connectivity index (χ2v) is 4.60. The molecule has 0 radical (unpaired) electrons. The summed E-state index contributed by atoms with van der Waals surface area (Å²) in [6.45, 7) is 10.5. The summed E-state index contributed by atoms with van der Waals surface area (Å²) in [5.74, 6) is 0.316. The molecule has 1 aliphatic heterocycles. The Hall–Kier alpha value is -0.570. The molecule has 3 nitrogen and oxygen atoms in total. The molecular weight excluding hydrogens is 176 g/mol. The van der Waals surface area contributed by atoms with Gasteiger partial charge in [-0.2, -0.15) is 0 Å². The Morgan fingerprint density at radius 2 is 1.86 bits per heavy atom. The van der Waals surface area contributed by atoms with Gasteiger partial charge >= 0.3 is 0 Å². The van der Waals surface area contributed by atoms with E-state index in [1.54, 1.807) is 0 Å². The zero-order chi connectivity index (χ0) is 10.7. The SMILES string of the molecule is CC(C)N(CN1CCCC1=O)C(C)C. The number of hydrogen-bond donors (Lipinski definition) is 0. The van der Waals surface area contributed by atoms with Crippen LogP contribution in [0.5, 0.6) is 0 Å².